The number of amides is 1. The molecule has 1 aliphatic carbocycles. The van der Waals surface area contributed by atoms with Crippen molar-refractivity contribution in [3.8, 4) is 0 Å². The average Bonchev–Trinajstić information content (AvgIpc) is 3.04. The molecule has 6 nitrogen and oxygen atoms in total. The van der Waals surface area contributed by atoms with Crippen molar-refractivity contribution >= 4 is 23.7 Å². The van der Waals surface area contributed by atoms with Gasteiger partial charge >= 0.3 is 6.02 Å². The fourth-order valence-corrected chi connectivity index (χ4v) is 4.00. The molecule has 2 saturated heterocycles. The Labute approximate surface area is 166 Å². The van der Waals surface area contributed by atoms with E-state index in [9.17, 15) is 4.79 Å². The van der Waals surface area contributed by atoms with Gasteiger partial charge in [0, 0.05) is 25.3 Å². The second-order valence-electron chi connectivity index (χ2n) is 7.55. The zero-order valence-corrected chi connectivity index (χ0v) is 16.6. The van der Waals surface area contributed by atoms with Crippen LogP contribution in [0.1, 0.15) is 44.6 Å². The van der Waals surface area contributed by atoms with Crippen LogP contribution in [-0.2, 0) is 14.3 Å². The highest BCUT2D eigenvalue weighted by Gasteiger charge is 2.34. The Hall–Kier alpha value is -2.34. The van der Waals surface area contributed by atoms with Crippen LogP contribution in [0.25, 0.3) is 6.08 Å². The molecule has 2 aliphatic heterocycles. The summed E-state index contributed by atoms with van der Waals surface area (Å²) in [6.45, 7) is 5.88. The van der Waals surface area contributed by atoms with E-state index in [4.69, 9.17) is 14.5 Å². The number of anilines is 1. The maximum Gasteiger partial charge on any atom is 0.300 e. The van der Waals surface area contributed by atoms with Crippen molar-refractivity contribution in [2.24, 2.45) is 4.99 Å². The molecular weight excluding hydrogens is 354 g/mol. The Morgan fingerprint density at radius 1 is 1.11 bits per heavy atom. The lowest BCUT2D eigenvalue weighted by molar-refractivity contribution is -0.122. The molecule has 1 saturated carbocycles. The lowest BCUT2D eigenvalue weighted by Crippen LogP contribution is -2.36. The largest absolute Gasteiger partial charge is 0.420 e. The van der Waals surface area contributed by atoms with E-state index in [1.165, 1.54) is 24.9 Å². The Balaban J connectivity index is 1.49. The molecule has 6 heteroatoms. The van der Waals surface area contributed by atoms with Gasteiger partial charge in [0.2, 0.25) is 0 Å². The number of carbonyl (C=O) groups is 1. The predicted molar refractivity (Wildman–Crippen MR) is 110 cm³/mol. The minimum Gasteiger partial charge on any atom is -0.420 e. The van der Waals surface area contributed by atoms with E-state index >= 15 is 0 Å². The third kappa shape index (κ3) is 4.22. The Morgan fingerprint density at radius 2 is 1.82 bits per heavy atom. The molecule has 0 N–H and O–H groups in total. The van der Waals surface area contributed by atoms with Gasteiger partial charge in [-0.1, -0.05) is 31.4 Å². The van der Waals surface area contributed by atoms with Crippen LogP contribution in [0.3, 0.4) is 0 Å². The number of amidine groups is 1. The number of carbonyl (C=O) groups excluding carboxylic acids is 1. The Kier molecular flexibility index (Phi) is 5.95. The lowest BCUT2D eigenvalue weighted by atomic mass is 9.96. The van der Waals surface area contributed by atoms with Crippen LogP contribution < -0.4 is 4.90 Å². The maximum absolute atomic E-state index is 12.7. The van der Waals surface area contributed by atoms with Crippen molar-refractivity contribution in [2.45, 2.75) is 45.1 Å². The summed E-state index contributed by atoms with van der Waals surface area (Å²) in [6, 6.07) is 8.98. The standard InChI is InChI=1S/C22H29N3O3/c1-2-25-21(26)20(28-22(25)23-18-6-4-3-5-7-18)16-17-8-10-19(11-9-17)24-12-14-27-15-13-24/h8-11,16,18H,2-7,12-15H2,1H3/b20-16+,23-22?. The number of aliphatic imine (C=N–C) groups is 1. The highest BCUT2D eigenvalue weighted by molar-refractivity contribution is 6.11. The van der Waals surface area contributed by atoms with Crippen LogP contribution >= 0.6 is 0 Å². The van der Waals surface area contributed by atoms with E-state index in [0.29, 0.717) is 18.3 Å². The van der Waals surface area contributed by atoms with Crippen molar-refractivity contribution in [1.29, 1.82) is 0 Å². The quantitative estimate of drug-likeness (QED) is 0.748. The van der Waals surface area contributed by atoms with Gasteiger partial charge in [0.05, 0.1) is 19.3 Å². The second kappa shape index (κ2) is 8.78. The topological polar surface area (TPSA) is 54.4 Å². The molecule has 3 aliphatic rings. The van der Waals surface area contributed by atoms with Crippen molar-refractivity contribution in [1.82, 2.24) is 4.90 Å². The van der Waals surface area contributed by atoms with Crippen molar-refractivity contribution in [3.05, 3.63) is 35.6 Å². The smallest absolute Gasteiger partial charge is 0.300 e. The zero-order valence-electron chi connectivity index (χ0n) is 16.6. The van der Waals surface area contributed by atoms with E-state index in [1.807, 2.05) is 25.1 Å². The zero-order chi connectivity index (χ0) is 19.3. The van der Waals surface area contributed by atoms with Crippen LogP contribution in [0.15, 0.2) is 35.0 Å². The molecule has 0 radical (unpaired) electrons. The third-order valence-electron chi connectivity index (χ3n) is 5.64. The molecule has 1 aromatic rings. The van der Waals surface area contributed by atoms with Crippen LogP contribution in [0.4, 0.5) is 5.69 Å². The van der Waals surface area contributed by atoms with Gasteiger partial charge in [-0.2, -0.15) is 0 Å². The van der Waals surface area contributed by atoms with Gasteiger partial charge in [0.25, 0.3) is 5.91 Å². The summed E-state index contributed by atoms with van der Waals surface area (Å²) < 4.78 is 11.3. The summed E-state index contributed by atoms with van der Waals surface area (Å²) in [5.74, 6) is 0.254. The molecular formula is C22H29N3O3. The maximum atomic E-state index is 12.7. The van der Waals surface area contributed by atoms with Gasteiger partial charge in [-0.05, 0) is 43.5 Å². The van der Waals surface area contributed by atoms with Gasteiger partial charge in [0.1, 0.15) is 0 Å². The molecule has 2 heterocycles. The highest BCUT2D eigenvalue weighted by Crippen LogP contribution is 2.25. The number of morpholine rings is 1. The predicted octanol–water partition coefficient (Wildman–Crippen LogP) is 3.43. The summed E-state index contributed by atoms with van der Waals surface area (Å²) in [5.41, 5.74) is 2.13. The van der Waals surface area contributed by atoms with Crippen molar-refractivity contribution in [3.63, 3.8) is 0 Å². The molecule has 0 spiro atoms. The van der Waals surface area contributed by atoms with Gasteiger partial charge in [-0.3, -0.25) is 9.69 Å². The van der Waals surface area contributed by atoms with Gasteiger partial charge in [-0.25, -0.2) is 4.99 Å². The first kappa shape index (κ1) is 19.0. The number of likely N-dealkylation sites (N-methyl/N-ethyl adjacent to an activating group) is 1. The summed E-state index contributed by atoms with van der Waals surface area (Å²) in [6.07, 6.45) is 7.68. The van der Waals surface area contributed by atoms with E-state index in [0.717, 1.165) is 44.7 Å². The number of nitrogens with zero attached hydrogens (tertiary/aromatic N) is 3. The van der Waals surface area contributed by atoms with Gasteiger partial charge in [0.15, 0.2) is 5.76 Å². The van der Waals surface area contributed by atoms with Gasteiger partial charge < -0.3 is 14.4 Å². The minimum atomic E-state index is -0.102. The monoisotopic (exact) mass is 383 g/mol. The summed E-state index contributed by atoms with van der Waals surface area (Å²) in [7, 11) is 0. The molecule has 0 aromatic heterocycles. The van der Waals surface area contributed by atoms with Crippen molar-refractivity contribution in [2.75, 3.05) is 37.7 Å². The van der Waals surface area contributed by atoms with E-state index in [-0.39, 0.29) is 11.9 Å². The minimum absolute atomic E-state index is 0.102. The Bertz CT molecular complexity index is 745. The fraction of sp³-hybridized carbons (Fsp3) is 0.545. The molecule has 1 aromatic carbocycles. The third-order valence-corrected chi connectivity index (χ3v) is 5.64. The number of benzene rings is 1. The lowest BCUT2D eigenvalue weighted by Gasteiger charge is -2.28. The van der Waals surface area contributed by atoms with Crippen LogP contribution in [0.2, 0.25) is 0 Å². The SMILES string of the molecule is CCN1C(=O)/C(=C\c2ccc(N3CCOCC3)cc2)OC1=NC1CCCCC1. The Morgan fingerprint density at radius 3 is 2.50 bits per heavy atom. The summed E-state index contributed by atoms with van der Waals surface area (Å²) in [5, 5.41) is 0. The summed E-state index contributed by atoms with van der Waals surface area (Å²) in [4.78, 5) is 21.4. The van der Waals surface area contributed by atoms with E-state index < -0.39 is 0 Å². The number of hydrogen-bond acceptors (Lipinski definition) is 5. The van der Waals surface area contributed by atoms with E-state index in [1.54, 1.807) is 4.90 Å². The molecule has 150 valence electrons. The molecule has 28 heavy (non-hydrogen) atoms. The molecule has 4 rings (SSSR count). The first-order valence-electron chi connectivity index (χ1n) is 10.5. The normalized spacial score (nSPS) is 24.2. The highest BCUT2D eigenvalue weighted by atomic mass is 16.5. The molecule has 3 fully saturated rings. The van der Waals surface area contributed by atoms with Crippen LogP contribution in [-0.4, -0.2) is 55.7 Å². The second-order valence-corrected chi connectivity index (χ2v) is 7.55. The first-order valence-corrected chi connectivity index (χ1v) is 10.5. The molecule has 0 atom stereocenters. The van der Waals surface area contributed by atoms with Crippen LogP contribution in [0.5, 0.6) is 0 Å². The van der Waals surface area contributed by atoms with Gasteiger partial charge in [-0.15, -0.1) is 0 Å². The molecule has 0 unspecified atom stereocenters. The average molecular weight is 383 g/mol. The van der Waals surface area contributed by atoms with Crippen molar-refractivity contribution < 1.29 is 14.3 Å². The first-order chi connectivity index (χ1) is 13.7. The van der Waals surface area contributed by atoms with E-state index in [2.05, 4.69) is 17.0 Å². The number of hydrogen-bond donors (Lipinski definition) is 0. The number of rotatable bonds is 4. The molecule has 1 amide bonds. The fourth-order valence-electron chi connectivity index (χ4n) is 4.00. The summed E-state index contributed by atoms with van der Waals surface area (Å²) >= 11 is 0. The molecule has 0 bridgehead atoms. The van der Waals surface area contributed by atoms with Crippen LogP contribution in [0, 0.1) is 0 Å². The number of ether oxygens (including phenoxy) is 2.